The molecule has 0 radical (unpaired) electrons. The maximum absolute atomic E-state index is 12.8. The molecule has 1 heterocycles. The topological polar surface area (TPSA) is 64.7 Å². The van der Waals surface area contributed by atoms with Crippen molar-refractivity contribution in [3.05, 3.63) is 58.6 Å². The summed E-state index contributed by atoms with van der Waals surface area (Å²) in [6.07, 6.45) is 1.17. The minimum Gasteiger partial charge on any atom is -0.365 e. The number of rotatable bonds is 5. The molecule has 0 spiro atoms. The smallest absolute Gasteiger partial charge is 0.253 e. The van der Waals surface area contributed by atoms with Crippen LogP contribution in [0.5, 0.6) is 0 Å². The molecule has 0 saturated carbocycles. The van der Waals surface area contributed by atoms with E-state index in [9.17, 15) is 9.59 Å². The van der Waals surface area contributed by atoms with Gasteiger partial charge in [-0.25, -0.2) is 0 Å². The number of nitrogens with one attached hydrogen (secondary N) is 2. The van der Waals surface area contributed by atoms with Crippen LogP contribution in [0.1, 0.15) is 35.7 Å². The molecule has 2 N–H and O–H groups in total. The van der Waals surface area contributed by atoms with Gasteiger partial charge in [0.05, 0.1) is 16.4 Å². The molecule has 1 saturated heterocycles. The Bertz CT molecular complexity index is 957. The zero-order valence-corrected chi connectivity index (χ0v) is 19.4. The van der Waals surface area contributed by atoms with Gasteiger partial charge in [-0.05, 0) is 49.8 Å². The van der Waals surface area contributed by atoms with E-state index in [0.29, 0.717) is 43.2 Å². The molecule has 31 heavy (non-hydrogen) atoms. The van der Waals surface area contributed by atoms with Crippen molar-refractivity contribution >= 4 is 52.1 Å². The monoisotopic (exact) mass is 458 g/mol. The average molecular weight is 459 g/mol. The number of piperazine rings is 1. The van der Waals surface area contributed by atoms with Crippen LogP contribution < -0.4 is 15.5 Å². The molecule has 2 amide bonds. The Morgan fingerprint density at radius 3 is 2.39 bits per heavy atom. The lowest BCUT2D eigenvalue weighted by Gasteiger charge is -2.37. The van der Waals surface area contributed by atoms with Crippen molar-refractivity contribution < 1.29 is 9.59 Å². The van der Waals surface area contributed by atoms with Gasteiger partial charge in [0.25, 0.3) is 5.91 Å². The number of para-hydroxylation sites is 1. The van der Waals surface area contributed by atoms with Gasteiger partial charge in [0, 0.05) is 38.2 Å². The van der Waals surface area contributed by atoms with Gasteiger partial charge in [-0.3, -0.25) is 9.59 Å². The van der Waals surface area contributed by atoms with Gasteiger partial charge in [0.1, 0.15) is 0 Å². The van der Waals surface area contributed by atoms with Gasteiger partial charge < -0.3 is 20.4 Å². The summed E-state index contributed by atoms with van der Waals surface area (Å²) >= 11 is 11.8. The summed E-state index contributed by atoms with van der Waals surface area (Å²) in [5, 5.41) is 6.62. The fraction of sp³-hybridized carbons (Fsp3) is 0.348. The minimum absolute atomic E-state index is 0.0389. The number of hydrogen-bond acceptors (Lipinski definition) is 4. The molecule has 0 aromatic heterocycles. The first kappa shape index (κ1) is 23.0. The number of amides is 2. The lowest BCUT2D eigenvalue weighted by atomic mass is 10.1. The number of halogens is 1. The predicted octanol–water partition coefficient (Wildman–Crippen LogP) is 4.22. The summed E-state index contributed by atoms with van der Waals surface area (Å²) in [6.45, 7) is 6.41. The Kier molecular flexibility index (Phi) is 7.87. The first-order valence-electron chi connectivity index (χ1n) is 10.4. The zero-order valence-electron chi connectivity index (χ0n) is 17.8. The molecule has 8 heteroatoms. The molecule has 0 unspecified atom stereocenters. The third-order valence-corrected chi connectivity index (χ3v) is 5.66. The molecular weight excluding hydrogens is 432 g/mol. The second kappa shape index (κ2) is 10.6. The van der Waals surface area contributed by atoms with Crippen molar-refractivity contribution in [1.29, 1.82) is 0 Å². The largest absolute Gasteiger partial charge is 0.365 e. The Labute approximate surface area is 193 Å². The number of benzene rings is 2. The third kappa shape index (κ3) is 5.95. The van der Waals surface area contributed by atoms with E-state index in [0.717, 1.165) is 23.4 Å². The van der Waals surface area contributed by atoms with Gasteiger partial charge in [-0.15, -0.1) is 0 Å². The van der Waals surface area contributed by atoms with Crippen LogP contribution >= 0.6 is 23.8 Å². The molecule has 0 atom stereocenters. The van der Waals surface area contributed by atoms with Crippen LogP contribution in [0.4, 0.5) is 11.4 Å². The maximum atomic E-state index is 12.8. The van der Waals surface area contributed by atoms with Gasteiger partial charge in [-0.2, -0.15) is 0 Å². The Morgan fingerprint density at radius 1 is 1.06 bits per heavy atom. The van der Waals surface area contributed by atoms with E-state index in [1.165, 1.54) is 0 Å². The summed E-state index contributed by atoms with van der Waals surface area (Å²) in [4.78, 5) is 28.6. The van der Waals surface area contributed by atoms with Crippen LogP contribution in [-0.4, -0.2) is 48.0 Å². The van der Waals surface area contributed by atoms with Gasteiger partial charge >= 0.3 is 0 Å². The van der Waals surface area contributed by atoms with Gasteiger partial charge in [0.15, 0.2) is 5.11 Å². The minimum atomic E-state index is -0.119. The average Bonchev–Trinajstić information content (AvgIpc) is 2.74. The van der Waals surface area contributed by atoms with E-state index in [1.54, 1.807) is 0 Å². The molecule has 0 bridgehead atoms. The van der Waals surface area contributed by atoms with Crippen molar-refractivity contribution in [3.8, 4) is 0 Å². The fourth-order valence-corrected chi connectivity index (χ4v) is 4.04. The number of nitrogens with zero attached hydrogens (tertiary/aromatic N) is 2. The molecule has 164 valence electrons. The zero-order chi connectivity index (χ0) is 22.4. The van der Waals surface area contributed by atoms with Crippen LogP contribution in [0, 0.1) is 6.92 Å². The van der Waals surface area contributed by atoms with E-state index in [1.807, 2.05) is 61.2 Å². The molecular formula is C23H27ClN4O2S. The first-order chi connectivity index (χ1) is 14.9. The molecule has 1 fully saturated rings. The SMILES string of the molecule is CCCC(=O)NC(=S)Nc1cccc(Cl)c1N1CCN(C(=O)c2ccc(C)cc2)CC1. The maximum Gasteiger partial charge on any atom is 0.253 e. The number of aryl methyl sites for hydroxylation is 1. The van der Waals surface area contributed by atoms with E-state index in [4.69, 9.17) is 23.8 Å². The van der Waals surface area contributed by atoms with Gasteiger partial charge in [0.2, 0.25) is 5.91 Å². The van der Waals surface area contributed by atoms with Crippen molar-refractivity contribution in [2.75, 3.05) is 36.4 Å². The summed E-state index contributed by atoms with van der Waals surface area (Å²) in [5.74, 6) is -0.0798. The van der Waals surface area contributed by atoms with E-state index in [2.05, 4.69) is 15.5 Å². The Morgan fingerprint density at radius 2 is 1.74 bits per heavy atom. The van der Waals surface area contributed by atoms with E-state index >= 15 is 0 Å². The summed E-state index contributed by atoms with van der Waals surface area (Å²) in [6, 6.07) is 13.2. The van der Waals surface area contributed by atoms with Crippen LogP contribution in [0.15, 0.2) is 42.5 Å². The quantitative estimate of drug-likeness (QED) is 0.656. The molecule has 1 aliphatic rings. The van der Waals surface area contributed by atoms with Crippen LogP contribution in [0.3, 0.4) is 0 Å². The van der Waals surface area contributed by atoms with E-state index in [-0.39, 0.29) is 16.9 Å². The second-order valence-corrected chi connectivity index (χ2v) is 8.35. The van der Waals surface area contributed by atoms with Crippen LogP contribution in [0.25, 0.3) is 0 Å². The van der Waals surface area contributed by atoms with Crippen molar-refractivity contribution in [1.82, 2.24) is 10.2 Å². The van der Waals surface area contributed by atoms with Crippen molar-refractivity contribution in [2.24, 2.45) is 0 Å². The lowest BCUT2D eigenvalue weighted by molar-refractivity contribution is -0.119. The molecule has 6 nitrogen and oxygen atoms in total. The van der Waals surface area contributed by atoms with Crippen molar-refractivity contribution in [3.63, 3.8) is 0 Å². The molecule has 1 aliphatic heterocycles. The summed E-state index contributed by atoms with van der Waals surface area (Å²) < 4.78 is 0. The standard InChI is InChI=1S/C23H27ClN4O2S/c1-3-5-20(29)26-23(31)25-19-7-4-6-18(24)21(19)27-12-14-28(15-13-27)22(30)17-10-8-16(2)9-11-17/h4,6-11H,3,5,12-15H2,1-2H3,(H2,25,26,29,31). The van der Waals surface area contributed by atoms with Gasteiger partial charge in [-0.1, -0.05) is 42.3 Å². The summed E-state index contributed by atoms with van der Waals surface area (Å²) in [7, 11) is 0. The highest BCUT2D eigenvalue weighted by Gasteiger charge is 2.25. The highest BCUT2D eigenvalue weighted by Crippen LogP contribution is 2.34. The highest BCUT2D eigenvalue weighted by atomic mass is 35.5. The highest BCUT2D eigenvalue weighted by molar-refractivity contribution is 7.80. The van der Waals surface area contributed by atoms with E-state index < -0.39 is 0 Å². The third-order valence-electron chi connectivity index (χ3n) is 5.15. The molecule has 2 aromatic carbocycles. The Balaban J connectivity index is 1.67. The summed E-state index contributed by atoms with van der Waals surface area (Å²) in [5.41, 5.74) is 3.38. The number of carbonyl (C=O) groups excluding carboxylic acids is 2. The normalized spacial score (nSPS) is 13.6. The lowest BCUT2D eigenvalue weighted by Crippen LogP contribution is -2.49. The number of anilines is 2. The number of hydrogen-bond donors (Lipinski definition) is 2. The second-order valence-electron chi connectivity index (χ2n) is 7.53. The first-order valence-corrected chi connectivity index (χ1v) is 11.2. The Hall–Kier alpha value is -2.64. The molecule has 0 aliphatic carbocycles. The van der Waals surface area contributed by atoms with Crippen LogP contribution in [0.2, 0.25) is 5.02 Å². The van der Waals surface area contributed by atoms with Crippen molar-refractivity contribution in [2.45, 2.75) is 26.7 Å². The number of carbonyl (C=O) groups is 2. The predicted molar refractivity (Wildman–Crippen MR) is 130 cm³/mol. The number of thiocarbonyl (C=S) groups is 1. The van der Waals surface area contributed by atoms with Crippen LogP contribution in [-0.2, 0) is 4.79 Å². The fourth-order valence-electron chi connectivity index (χ4n) is 3.52. The molecule has 2 aromatic rings. The molecule has 3 rings (SSSR count).